The molecule has 2 rings (SSSR count). The van der Waals surface area contributed by atoms with E-state index >= 15 is 0 Å². The topological polar surface area (TPSA) is 28.2 Å². The molecular weight excluding hydrogens is 174 g/mol. The lowest BCUT2D eigenvalue weighted by molar-refractivity contribution is 0.445. The van der Waals surface area contributed by atoms with Gasteiger partial charge in [0, 0.05) is 20.1 Å². The van der Waals surface area contributed by atoms with Gasteiger partial charge >= 0.3 is 0 Å². The number of rotatable bonds is 3. The molecule has 0 aromatic carbocycles. The molecule has 0 bridgehead atoms. The largest absolute Gasteiger partial charge is 0.381 e. The molecular formula is C11H17N3. The van der Waals surface area contributed by atoms with E-state index < -0.39 is 0 Å². The summed E-state index contributed by atoms with van der Waals surface area (Å²) < 4.78 is 0. The zero-order chi connectivity index (χ0) is 9.97. The van der Waals surface area contributed by atoms with Gasteiger partial charge < -0.3 is 10.2 Å². The summed E-state index contributed by atoms with van der Waals surface area (Å²) in [6.07, 6.45) is 5.87. The molecule has 1 N–H and O–H groups in total. The van der Waals surface area contributed by atoms with E-state index in [0.717, 1.165) is 11.5 Å². The first-order chi connectivity index (χ1) is 6.75. The van der Waals surface area contributed by atoms with Crippen molar-refractivity contribution < 1.29 is 0 Å². The van der Waals surface area contributed by atoms with Gasteiger partial charge in [-0.3, -0.25) is 0 Å². The van der Waals surface area contributed by atoms with E-state index in [1.54, 1.807) is 0 Å². The van der Waals surface area contributed by atoms with E-state index in [1.165, 1.54) is 19.3 Å². The highest BCUT2D eigenvalue weighted by Gasteiger charge is 2.16. The molecule has 1 aliphatic rings. The van der Waals surface area contributed by atoms with Crippen molar-refractivity contribution in [1.82, 2.24) is 4.98 Å². The number of nitrogens with zero attached hydrogens (tertiary/aromatic N) is 2. The Morgan fingerprint density at radius 1 is 1.36 bits per heavy atom. The summed E-state index contributed by atoms with van der Waals surface area (Å²) in [4.78, 5) is 6.36. The van der Waals surface area contributed by atoms with Crippen LogP contribution in [-0.4, -0.2) is 25.1 Å². The van der Waals surface area contributed by atoms with E-state index in [2.05, 4.69) is 16.4 Å². The summed E-state index contributed by atoms with van der Waals surface area (Å²) >= 11 is 0. The molecule has 1 aliphatic carbocycles. The summed E-state index contributed by atoms with van der Waals surface area (Å²) in [7, 11) is 4.00. The lowest BCUT2D eigenvalue weighted by atomic mass is 9.93. The second kappa shape index (κ2) is 3.86. The third-order valence-corrected chi connectivity index (χ3v) is 2.68. The third-order valence-electron chi connectivity index (χ3n) is 2.68. The molecule has 76 valence electrons. The average molecular weight is 191 g/mol. The highest BCUT2D eigenvalue weighted by molar-refractivity contribution is 5.48. The minimum absolute atomic E-state index is 0.682. The number of pyridine rings is 1. The van der Waals surface area contributed by atoms with E-state index in [-0.39, 0.29) is 0 Å². The summed E-state index contributed by atoms with van der Waals surface area (Å²) in [5, 5.41) is 3.46. The molecule has 0 aliphatic heterocycles. The van der Waals surface area contributed by atoms with Crippen molar-refractivity contribution >= 4 is 11.5 Å². The molecule has 1 fully saturated rings. The fraction of sp³-hybridized carbons (Fsp3) is 0.545. The standard InChI is InChI=1S/C11H17N3/c1-14(2)11-7-6-10(8-12-11)13-9-4-3-5-9/h6-9,13H,3-5H2,1-2H3. The number of hydrogen-bond donors (Lipinski definition) is 1. The summed E-state index contributed by atoms with van der Waals surface area (Å²) in [6.45, 7) is 0. The number of hydrogen-bond acceptors (Lipinski definition) is 3. The predicted molar refractivity (Wildman–Crippen MR) is 59.8 cm³/mol. The second-order valence-electron chi connectivity index (χ2n) is 4.07. The SMILES string of the molecule is CN(C)c1ccc(NC2CCC2)cn1. The van der Waals surface area contributed by atoms with Gasteiger partial charge in [-0.2, -0.15) is 0 Å². The molecule has 0 radical (unpaired) electrons. The van der Waals surface area contributed by atoms with E-state index in [9.17, 15) is 0 Å². The Labute approximate surface area is 85.1 Å². The maximum Gasteiger partial charge on any atom is 0.128 e. The van der Waals surface area contributed by atoms with Crippen molar-refractivity contribution in [2.24, 2.45) is 0 Å². The van der Waals surface area contributed by atoms with Gasteiger partial charge in [0.1, 0.15) is 5.82 Å². The molecule has 3 heteroatoms. The van der Waals surface area contributed by atoms with Gasteiger partial charge in [0.25, 0.3) is 0 Å². The van der Waals surface area contributed by atoms with Gasteiger partial charge in [0.15, 0.2) is 0 Å². The quantitative estimate of drug-likeness (QED) is 0.793. The smallest absolute Gasteiger partial charge is 0.128 e. The minimum atomic E-state index is 0.682. The fourth-order valence-electron chi connectivity index (χ4n) is 1.52. The van der Waals surface area contributed by atoms with Crippen LogP contribution in [0.4, 0.5) is 11.5 Å². The van der Waals surface area contributed by atoms with E-state index in [4.69, 9.17) is 0 Å². The van der Waals surface area contributed by atoms with Gasteiger partial charge in [-0.1, -0.05) is 0 Å². The van der Waals surface area contributed by atoms with Gasteiger partial charge in [-0.25, -0.2) is 4.98 Å². The van der Waals surface area contributed by atoms with E-state index in [1.807, 2.05) is 31.3 Å². The molecule has 0 saturated heterocycles. The Morgan fingerprint density at radius 3 is 2.57 bits per heavy atom. The Morgan fingerprint density at radius 2 is 2.14 bits per heavy atom. The van der Waals surface area contributed by atoms with Crippen LogP contribution in [0.5, 0.6) is 0 Å². The van der Waals surface area contributed by atoms with Crippen LogP contribution in [0.3, 0.4) is 0 Å². The maximum absolute atomic E-state index is 4.35. The first-order valence-electron chi connectivity index (χ1n) is 5.15. The molecule has 3 nitrogen and oxygen atoms in total. The number of anilines is 2. The molecule has 0 atom stereocenters. The molecule has 14 heavy (non-hydrogen) atoms. The summed E-state index contributed by atoms with van der Waals surface area (Å²) in [6, 6.07) is 4.82. The monoisotopic (exact) mass is 191 g/mol. The average Bonchev–Trinajstić information content (AvgIpc) is 2.12. The zero-order valence-electron chi connectivity index (χ0n) is 8.83. The van der Waals surface area contributed by atoms with Crippen LogP contribution in [-0.2, 0) is 0 Å². The van der Waals surface area contributed by atoms with Crippen molar-refractivity contribution in [3.05, 3.63) is 18.3 Å². The predicted octanol–water partition coefficient (Wildman–Crippen LogP) is 2.11. The van der Waals surface area contributed by atoms with Crippen LogP contribution in [0.15, 0.2) is 18.3 Å². The van der Waals surface area contributed by atoms with Crippen molar-refractivity contribution in [3.8, 4) is 0 Å². The maximum atomic E-state index is 4.35. The first kappa shape index (κ1) is 9.31. The molecule has 0 amide bonds. The fourth-order valence-corrected chi connectivity index (χ4v) is 1.52. The van der Waals surface area contributed by atoms with Crippen LogP contribution >= 0.6 is 0 Å². The molecule has 1 heterocycles. The van der Waals surface area contributed by atoms with Crippen molar-refractivity contribution in [3.63, 3.8) is 0 Å². The van der Waals surface area contributed by atoms with Gasteiger partial charge in [0.05, 0.1) is 11.9 Å². The normalized spacial score (nSPS) is 16.1. The van der Waals surface area contributed by atoms with Crippen LogP contribution in [0.25, 0.3) is 0 Å². The summed E-state index contributed by atoms with van der Waals surface area (Å²) in [5.41, 5.74) is 1.14. The van der Waals surface area contributed by atoms with Crippen LogP contribution < -0.4 is 10.2 Å². The van der Waals surface area contributed by atoms with Crippen LogP contribution in [0.1, 0.15) is 19.3 Å². The second-order valence-corrected chi connectivity index (χ2v) is 4.07. The van der Waals surface area contributed by atoms with Gasteiger partial charge in [-0.05, 0) is 31.4 Å². The molecule has 0 unspecified atom stereocenters. The molecule has 1 aromatic heterocycles. The lowest BCUT2D eigenvalue weighted by Crippen LogP contribution is -2.27. The Bertz CT molecular complexity index is 288. The van der Waals surface area contributed by atoms with Crippen molar-refractivity contribution in [2.75, 3.05) is 24.3 Å². The highest BCUT2D eigenvalue weighted by Crippen LogP contribution is 2.23. The molecule has 0 spiro atoms. The van der Waals surface area contributed by atoms with Crippen molar-refractivity contribution in [2.45, 2.75) is 25.3 Å². The van der Waals surface area contributed by atoms with Gasteiger partial charge in [0.2, 0.25) is 0 Å². The lowest BCUT2D eigenvalue weighted by Gasteiger charge is -2.27. The zero-order valence-corrected chi connectivity index (χ0v) is 8.83. The number of nitrogens with one attached hydrogen (secondary N) is 1. The molecule has 1 saturated carbocycles. The van der Waals surface area contributed by atoms with Crippen LogP contribution in [0.2, 0.25) is 0 Å². The van der Waals surface area contributed by atoms with Crippen molar-refractivity contribution in [1.29, 1.82) is 0 Å². The summed E-state index contributed by atoms with van der Waals surface area (Å²) in [5.74, 6) is 1.00. The Kier molecular flexibility index (Phi) is 2.57. The Hall–Kier alpha value is -1.25. The minimum Gasteiger partial charge on any atom is -0.381 e. The van der Waals surface area contributed by atoms with E-state index in [0.29, 0.717) is 6.04 Å². The first-order valence-corrected chi connectivity index (χ1v) is 5.15. The Balaban J connectivity index is 1.98. The number of aromatic nitrogens is 1. The van der Waals surface area contributed by atoms with Gasteiger partial charge in [-0.15, -0.1) is 0 Å². The van der Waals surface area contributed by atoms with Crippen LogP contribution in [0, 0.1) is 0 Å². The third kappa shape index (κ3) is 1.97. The molecule has 1 aromatic rings. The highest BCUT2D eigenvalue weighted by atomic mass is 15.1.